The Bertz CT molecular complexity index is 529. The van der Waals surface area contributed by atoms with Crippen LogP contribution >= 0.6 is 0 Å². The van der Waals surface area contributed by atoms with Gasteiger partial charge in [0.1, 0.15) is 5.75 Å². The van der Waals surface area contributed by atoms with Crippen molar-refractivity contribution in [2.75, 3.05) is 7.11 Å². The monoisotopic (exact) mass is 229 g/mol. The van der Waals surface area contributed by atoms with Gasteiger partial charge in [-0.15, -0.1) is 0 Å². The van der Waals surface area contributed by atoms with E-state index in [1.54, 1.807) is 7.11 Å². The molecule has 2 heteroatoms. The number of benzene rings is 1. The molecule has 1 aliphatic carbocycles. The van der Waals surface area contributed by atoms with E-state index in [-0.39, 0.29) is 0 Å². The van der Waals surface area contributed by atoms with E-state index < -0.39 is 0 Å². The van der Waals surface area contributed by atoms with Crippen LogP contribution in [0.4, 0.5) is 0 Å². The molecule has 1 fully saturated rings. The number of H-pyrrole nitrogens is 1. The lowest BCUT2D eigenvalue weighted by Gasteiger charge is -2.14. The Labute approximate surface area is 102 Å². The smallest absolute Gasteiger partial charge is 0.142 e. The van der Waals surface area contributed by atoms with Crippen molar-refractivity contribution in [1.29, 1.82) is 0 Å². The molecule has 2 atom stereocenters. The van der Waals surface area contributed by atoms with Crippen LogP contribution in [0.25, 0.3) is 10.9 Å². The largest absolute Gasteiger partial charge is 0.495 e. The molecular formula is C15H19NO. The first-order valence-corrected chi connectivity index (χ1v) is 6.45. The summed E-state index contributed by atoms with van der Waals surface area (Å²) in [5, 5.41) is 1.34. The highest BCUT2D eigenvalue weighted by Crippen LogP contribution is 2.42. The Morgan fingerprint density at radius 1 is 1.29 bits per heavy atom. The summed E-state index contributed by atoms with van der Waals surface area (Å²) in [5.74, 6) is 2.47. The van der Waals surface area contributed by atoms with Crippen LogP contribution in [-0.4, -0.2) is 12.1 Å². The molecule has 1 N–H and O–H groups in total. The Morgan fingerprint density at radius 3 is 2.88 bits per heavy atom. The summed E-state index contributed by atoms with van der Waals surface area (Å²) in [6, 6.07) is 6.30. The Morgan fingerprint density at radius 2 is 2.18 bits per heavy atom. The van der Waals surface area contributed by atoms with Gasteiger partial charge in [-0.3, -0.25) is 0 Å². The maximum Gasteiger partial charge on any atom is 0.142 e. The van der Waals surface area contributed by atoms with E-state index in [0.717, 1.165) is 23.1 Å². The fourth-order valence-electron chi connectivity index (χ4n) is 3.23. The minimum atomic E-state index is 0.718. The lowest BCUT2D eigenvalue weighted by atomic mass is 9.90. The van der Waals surface area contributed by atoms with Crippen molar-refractivity contribution in [3.05, 3.63) is 30.0 Å². The molecule has 0 amide bonds. The first-order valence-electron chi connectivity index (χ1n) is 6.45. The predicted octanol–water partition coefficient (Wildman–Crippen LogP) is 4.08. The second kappa shape index (κ2) is 4.10. The molecule has 0 radical (unpaired) electrons. The number of rotatable bonds is 2. The van der Waals surface area contributed by atoms with Gasteiger partial charge in [-0.05, 0) is 29.9 Å². The van der Waals surface area contributed by atoms with Crippen molar-refractivity contribution in [2.45, 2.75) is 32.1 Å². The molecule has 1 heterocycles. The van der Waals surface area contributed by atoms with Crippen LogP contribution < -0.4 is 4.74 Å². The standard InChI is InChI=1S/C15H19NO/c1-10-5-3-6-11(10)13-9-16-15-12(13)7-4-8-14(15)17-2/h4,7-11,16H,3,5-6H2,1-2H3. The summed E-state index contributed by atoms with van der Waals surface area (Å²) in [5.41, 5.74) is 2.62. The number of hydrogen-bond acceptors (Lipinski definition) is 1. The van der Waals surface area contributed by atoms with E-state index in [0.29, 0.717) is 0 Å². The third kappa shape index (κ3) is 1.63. The van der Waals surface area contributed by atoms with Crippen molar-refractivity contribution >= 4 is 10.9 Å². The number of nitrogens with one attached hydrogen (secondary N) is 1. The van der Waals surface area contributed by atoms with Gasteiger partial charge in [-0.25, -0.2) is 0 Å². The number of fused-ring (bicyclic) bond motifs is 1. The number of hydrogen-bond donors (Lipinski definition) is 1. The van der Waals surface area contributed by atoms with Gasteiger partial charge >= 0.3 is 0 Å². The SMILES string of the molecule is COc1cccc2c(C3CCCC3C)c[nH]c12. The molecule has 0 saturated heterocycles. The van der Waals surface area contributed by atoms with Crippen LogP contribution in [0, 0.1) is 5.92 Å². The molecule has 2 unspecified atom stereocenters. The van der Waals surface area contributed by atoms with Gasteiger partial charge in [0, 0.05) is 11.6 Å². The van der Waals surface area contributed by atoms with Crippen LogP contribution in [0.5, 0.6) is 5.75 Å². The van der Waals surface area contributed by atoms with Crippen molar-refractivity contribution < 1.29 is 4.74 Å². The van der Waals surface area contributed by atoms with Gasteiger partial charge in [-0.2, -0.15) is 0 Å². The van der Waals surface area contributed by atoms with E-state index in [1.807, 2.05) is 6.07 Å². The Hall–Kier alpha value is -1.44. The third-order valence-electron chi connectivity index (χ3n) is 4.19. The van der Waals surface area contributed by atoms with Crippen LogP contribution in [0.3, 0.4) is 0 Å². The van der Waals surface area contributed by atoms with E-state index in [4.69, 9.17) is 4.74 Å². The van der Waals surface area contributed by atoms with Crippen LogP contribution in [0.15, 0.2) is 24.4 Å². The van der Waals surface area contributed by atoms with E-state index in [9.17, 15) is 0 Å². The lowest BCUT2D eigenvalue weighted by Crippen LogP contribution is -2.00. The highest BCUT2D eigenvalue weighted by molar-refractivity contribution is 5.88. The summed E-state index contributed by atoms with van der Waals surface area (Å²) < 4.78 is 5.40. The minimum absolute atomic E-state index is 0.718. The van der Waals surface area contributed by atoms with Gasteiger partial charge in [0.25, 0.3) is 0 Å². The number of methoxy groups -OCH3 is 1. The molecular weight excluding hydrogens is 210 g/mol. The summed E-state index contributed by atoms with van der Waals surface area (Å²) in [6.07, 6.45) is 6.23. The van der Waals surface area contributed by atoms with Gasteiger partial charge in [0.2, 0.25) is 0 Å². The minimum Gasteiger partial charge on any atom is -0.495 e. The van der Waals surface area contributed by atoms with Crippen molar-refractivity contribution in [3.8, 4) is 5.75 Å². The zero-order chi connectivity index (χ0) is 11.8. The van der Waals surface area contributed by atoms with Crippen molar-refractivity contribution in [3.63, 3.8) is 0 Å². The van der Waals surface area contributed by atoms with Gasteiger partial charge in [0.15, 0.2) is 0 Å². The number of aromatic nitrogens is 1. The molecule has 90 valence electrons. The van der Waals surface area contributed by atoms with Gasteiger partial charge in [-0.1, -0.05) is 31.9 Å². The lowest BCUT2D eigenvalue weighted by molar-refractivity contribution is 0.419. The third-order valence-corrected chi connectivity index (χ3v) is 4.19. The van der Waals surface area contributed by atoms with Gasteiger partial charge < -0.3 is 9.72 Å². The summed E-state index contributed by atoms with van der Waals surface area (Å²) in [7, 11) is 1.73. The van der Waals surface area contributed by atoms with Crippen LogP contribution in [-0.2, 0) is 0 Å². The normalized spacial score (nSPS) is 24.4. The summed E-state index contributed by atoms with van der Waals surface area (Å²) in [6.45, 7) is 2.37. The number of para-hydroxylation sites is 1. The first kappa shape index (κ1) is 10.7. The Balaban J connectivity index is 2.12. The molecule has 3 rings (SSSR count). The van der Waals surface area contributed by atoms with Crippen molar-refractivity contribution in [2.24, 2.45) is 5.92 Å². The molecule has 0 bridgehead atoms. The number of aromatic amines is 1. The molecule has 1 aromatic heterocycles. The molecule has 0 spiro atoms. The zero-order valence-electron chi connectivity index (χ0n) is 10.5. The Kier molecular flexibility index (Phi) is 2.58. The fraction of sp³-hybridized carbons (Fsp3) is 0.467. The summed E-state index contributed by atoms with van der Waals surface area (Å²) in [4.78, 5) is 3.38. The summed E-state index contributed by atoms with van der Waals surface area (Å²) >= 11 is 0. The average Bonchev–Trinajstić information content (AvgIpc) is 2.94. The van der Waals surface area contributed by atoms with Crippen molar-refractivity contribution in [1.82, 2.24) is 4.98 Å². The average molecular weight is 229 g/mol. The maximum atomic E-state index is 5.40. The fourth-order valence-corrected chi connectivity index (χ4v) is 3.23. The molecule has 0 aliphatic heterocycles. The first-order chi connectivity index (χ1) is 8.31. The zero-order valence-corrected chi connectivity index (χ0v) is 10.5. The van der Waals surface area contributed by atoms with Gasteiger partial charge in [0.05, 0.1) is 12.6 Å². The topological polar surface area (TPSA) is 25.0 Å². The quantitative estimate of drug-likeness (QED) is 0.824. The predicted molar refractivity (Wildman–Crippen MR) is 70.6 cm³/mol. The molecule has 2 aromatic rings. The second-order valence-corrected chi connectivity index (χ2v) is 5.14. The molecule has 2 nitrogen and oxygen atoms in total. The molecule has 1 aliphatic rings. The maximum absolute atomic E-state index is 5.40. The molecule has 1 saturated carbocycles. The molecule has 1 aromatic carbocycles. The highest BCUT2D eigenvalue weighted by atomic mass is 16.5. The van der Waals surface area contributed by atoms with Crippen LogP contribution in [0.1, 0.15) is 37.7 Å². The van der Waals surface area contributed by atoms with Crippen LogP contribution in [0.2, 0.25) is 0 Å². The molecule has 17 heavy (non-hydrogen) atoms. The van der Waals surface area contributed by atoms with E-state index in [2.05, 4.69) is 30.2 Å². The van der Waals surface area contributed by atoms with E-state index >= 15 is 0 Å². The highest BCUT2D eigenvalue weighted by Gasteiger charge is 2.27. The second-order valence-electron chi connectivity index (χ2n) is 5.14. The number of ether oxygens (including phenoxy) is 1. The van der Waals surface area contributed by atoms with E-state index in [1.165, 1.54) is 30.2 Å².